The summed E-state index contributed by atoms with van der Waals surface area (Å²) in [6.07, 6.45) is 0. The summed E-state index contributed by atoms with van der Waals surface area (Å²) >= 11 is 1.39. The van der Waals surface area contributed by atoms with Crippen LogP contribution in [0.25, 0.3) is 27.9 Å². The predicted octanol–water partition coefficient (Wildman–Crippen LogP) is 5.05. The van der Waals surface area contributed by atoms with Crippen molar-refractivity contribution >= 4 is 39.7 Å². The third-order valence-corrected chi connectivity index (χ3v) is 5.98. The lowest BCUT2D eigenvalue weighted by Gasteiger charge is -2.06. The van der Waals surface area contributed by atoms with E-state index in [2.05, 4.69) is 10.1 Å². The summed E-state index contributed by atoms with van der Waals surface area (Å²) in [4.78, 5) is 30.5. The largest absolute Gasteiger partial charge is 0.269 e. The van der Waals surface area contributed by atoms with Gasteiger partial charge in [-0.1, -0.05) is 36.0 Å². The first-order valence-corrected chi connectivity index (χ1v) is 10.7. The fourth-order valence-electron chi connectivity index (χ4n) is 3.39. The van der Waals surface area contributed by atoms with Gasteiger partial charge < -0.3 is 0 Å². The third kappa shape index (κ3) is 3.96. The van der Waals surface area contributed by atoms with Crippen LogP contribution in [0.15, 0.2) is 78.0 Å². The molecule has 10 nitrogen and oxygen atoms in total. The third-order valence-electron chi connectivity index (χ3n) is 4.98. The molecule has 5 aromatic rings. The topological polar surface area (TPSA) is 129 Å². The number of fused-ring (bicyclic) bond motifs is 3. The molecule has 0 N–H and O–H groups in total. The van der Waals surface area contributed by atoms with Crippen molar-refractivity contribution in [2.24, 2.45) is 0 Å². The highest BCUT2D eigenvalue weighted by Crippen LogP contribution is 2.29. The summed E-state index contributed by atoms with van der Waals surface area (Å²) in [5, 5.41) is 28.0. The molecule has 0 saturated heterocycles. The van der Waals surface area contributed by atoms with Gasteiger partial charge in [-0.2, -0.15) is 4.52 Å². The average molecular weight is 458 g/mol. The summed E-state index contributed by atoms with van der Waals surface area (Å²) in [6, 6.07) is 20.1. The number of nitro benzene ring substituents is 2. The minimum Gasteiger partial charge on any atom is -0.258 e. The van der Waals surface area contributed by atoms with Crippen molar-refractivity contribution in [2.45, 2.75) is 10.9 Å². The van der Waals surface area contributed by atoms with E-state index in [4.69, 9.17) is 4.98 Å². The average Bonchev–Trinajstić information content (AvgIpc) is 3.29. The molecule has 0 aliphatic heterocycles. The number of nitrogens with zero attached hydrogens (tertiary/aromatic N) is 6. The zero-order valence-electron chi connectivity index (χ0n) is 16.9. The first-order chi connectivity index (χ1) is 16.0. The Morgan fingerprint density at radius 2 is 1.61 bits per heavy atom. The SMILES string of the molecule is O=[N+]([O-])c1ccc(-c2nc3c4ccccc4nc(SCc4cccc([N+](=O)[O-])c4)n3n2)cc1. The molecular weight excluding hydrogens is 444 g/mol. The zero-order valence-corrected chi connectivity index (χ0v) is 17.7. The Kier molecular flexibility index (Phi) is 5.15. The van der Waals surface area contributed by atoms with Crippen molar-refractivity contribution in [3.8, 4) is 11.4 Å². The number of hydrogen-bond donors (Lipinski definition) is 0. The van der Waals surface area contributed by atoms with Crippen molar-refractivity contribution in [1.82, 2.24) is 19.6 Å². The second-order valence-corrected chi connectivity index (χ2v) is 8.04. The van der Waals surface area contributed by atoms with Gasteiger partial charge in [0.15, 0.2) is 16.6 Å². The monoisotopic (exact) mass is 458 g/mol. The van der Waals surface area contributed by atoms with Crippen molar-refractivity contribution in [1.29, 1.82) is 0 Å². The van der Waals surface area contributed by atoms with E-state index in [0.29, 0.717) is 27.9 Å². The van der Waals surface area contributed by atoms with Crippen molar-refractivity contribution in [3.05, 3.63) is 98.6 Å². The molecule has 11 heteroatoms. The maximum atomic E-state index is 11.1. The Hall–Kier alpha value is -4.38. The molecule has 5 rings (SSSR count). The van der Waals surface area contributed by atoms with Gasteiger partial charge in [0.25, 0.3) is 11.4 Å². The summed E-state index contributed by atoms with van der Waals surface area (Å²) in [5.74, 6) is 0.870. The number of hydrogen-bond acceptors (Lipinski definition) is 8. The number of nitro groups is 2. The lowest BCUT2D eigenvalue weighted by Crippen LogP contribution is -1.98. The quantitative estimate of drug-likeness (QED) is 0.149. The Bertz CT molecular complexity index is 1530. The Labute approximate surface area is 190 Å². The number of benzene rings is 3. The summed E-state index contributed by atoms with van der Waals surface area (Å²) in [5.41, 5.74) is 2.80. The van der Waals surface area contributed by atoms with Crippen molar-refractivity contribution in [3.63, 3.8) is 0 Å². The predicted molar refractivity (Wildman–Crippen MR) is 123 cm³/mol. The van der Waals surface area contributed by atoms with Crippen LogP contribution in [0.2, 0.25) is 0 Å². The van der Waals surface area contributed by atoms with Crippen LogP contribution >= 0.6 is 11.8 Å². The van der Waals surface area contributed by atoms with E-state index in [-0.39, 0.29) is 11.4 Å². The van der Waals surface area contributed by atoms with Gasteiger partial charge in [-0.3, -0.25) is 20.2 Å². The molecule has 162 valence electrons. The maximum Gasteiger partial charge on any atom is 0.269 e. The van der Waals surface area contributed by atoms with E-state index >= 15 is 0 Å². The van der Waals surface area contributed by atoms with Crippen LogP contribution in [0.1, 0.15) is 5.56 Å². The van der Waals surface area contributed by atoms with Gasteiger partial charge in [-0.25, -0.2) is 9.97 Å². The molecule has 0 spiro atoms. The lowest BCUT2D eigenvalue weighted by atomic mass is 10.2. The minimum absolute atomic E-state index is 0.0113. The van der Waals surface area contributed by atoms with Gasteiger partial charge in [0.2, 0.25) is 0 Å². The highest BCUT2D eigenvalue weighted by Gasteiger charge is 2.16. The lowest BCUT2D eigenvalue weighted by molar-refractivity contribution is -0.385. The molecule has 0 unspecified atom stereocenters. The van der Waals surface area contributed by atoms with Gasteiger partial charge in [0, 0.05) is 41.0 Å². The fraction of sp³-hybridized carbons (Fsp3) is 0.0455. The molecule has 2 heterocycles. The summed E-state index contributed by atoms with van der Waals surface area (Å²) in [7, 11) is 0. The van der Waals surface area contributed by atoms with Gasteiger partial charge in [-0.05, 0) is 29.8 Å². The summed E-state index contributed by atoms with van der Waals surface area (Å²) in [6.45, 7) is 0. The zero-order chi connectivity index (χ0) is 22.9. The Balaban J connectivity index is 1.57. The first-order valence-electron chi connectivity index (χ1n) is 9.76. The normalized spacial score (nSPS) is 11.2. The van der Waals surface area contributed by atoms with Crippen LogP contribution in [-0.4, -0.2) is 29.4 Å². The molecule has 0 fully saturated rings. The van der Waals surface area contributed by atoms with Crippen molar-refractivity contribution in [2.75, 3.05) is 0 Å². The molecule has 0 aliphatic rings. The van der Waals surface area contributed by atoms with Crippen LogP contribution in [0, 0.1) is 20.2 Å². The number of rotatable bonds is 6. The molecule has 33 heavy (non-hydrogen) atoms. The van der Waals surface area contributed by atoms with E-state index in [1.54, 1.807) is 22.7 Å². The smallest absolute Gasteiger partial charge is 0.258 e. The number of para-hydroxylation sites is 1. The second kappa shape index (κ2) is 8.28. The molecule has 0 amide bonds. The van der Waals surface area contributed by atoms with E-state index in [1.807, 2.05) is 30.3 Å². The molecule has 0 atom stereocenters. The van der Waals surface area contributed by atoms with Crippen LogP contribution in [-0.2, 0) is 5.75 Å². The van der Waals surface area contributed by atoms with Crippen LogP contribution < -0.4 is 0 Å². The highest BCUT2D eigenvalue weighted by atomic mass is 32.2. The van der Waals surface area contributed by atoms with Crippen molar-refractivity contribution < 1.29 is 9.85 Å². The van der Waals surface area contributed by atoms with E-state index in [9.17, 15) is 20.2 Å². The van der Waals surface area contributed by atoms with Gasteiger partial charge in [-0.15, -0.1) is 5.10 Å². The molecule has 0 radical (unpaired) electrons. The molecule has 0 aliphatic carbocycles. The van der Waals surface area contributed by atoms with E-state index in [1.165, 1.54) is 36.0 Å². The van der Waals surface area contributed by atoms with Gasteiger partial charge >= 0.3 is 0 Å². The molecule has 3 aromatic carbocycles. The van der Waals surface area contributed by atoms with Crippen LogP contribution in [0.5, 0.6) is 0 Å². The number of non-ortho nitro benzene ring substituents is 2. The summed E-state index contributed by atoms with van der Waals surface area (Å²) < 4.78 is 1.64. The molecule has 2 aromatic heterocycles. The van der Waals surface area contributed by atoms with Gasteiger partial charge in [0.05, 0.1) is 15.4 Å². The van der Waals surface area contributed by atoms with Crippen LogP contribution in [0.3, 0.4) is 0 Å². The minimum atomic E-state index is -0.457. The fourth-order valence-corrected chi connectivity index (χ4v) is 4.27. The number of thioether (sulfide) groups is 1. The Morgan fingerprint density at radius 1 is 0.848 bits per heavy atom. The van der Waals surface area contributed by atoms with Gasteiger partial charge in [0.1, 0.15) is 0 Å². The first kappa shape index (κ1) is 20.5. The molecule has 0 bridgehead atoms. The van der Waals surface area contributed by atoms with E-state index < -0.39 is 9.85 Å². The number of aromatic nitrogens is 4. The molecule has 0 saturated carbocycles. The Morgan fingerprint density at radius 3 is 2.36 bits per heavy atom. The molecular formula is C22H14N6O4S. The standard InChI is InChI=1S/C22H14N6O4S/c29-27(30)16-10-8-15(9-11-16)20-24-21-18-6-1-2-7-19(18)23-22(26(21)25-20)33-13-14-4-3-5-17(12-14)28(31)32/h1-12H,13H2. The second-order valence-electron chi connectivity index (χ2n) is 7.10. The highest BCUT2D eigenvalue weighted by molar-refractivity contribution is 7.98. The maximum absolute atomic E-state index is 11.1. The van der Waals surface area contributed by atoms with Crippen LogP contribution in [0.4, 0.5) is 11.4 Å². The van der Waals surface area contributed by atoms with E-state index in [0.717, 1.165) is 16.5 Å².